The SMILES string of the molecule is O=C(O)CCCN(c1cccc(C(=O)O)c1)S(=O)(=O)c1ccc(Cl)cc1. The van der Waals surface area contributed by atoms with Crippen molar-refractivity contribution in [3.63, 3.8) is 0 Å². The first kappa shape index (κ1) is 19.7. The maximum atomic E-state index is 13.0. The summed E-state index contributed by atoms with van der Waals surface area (Å²) in [6.07, 6.45) is -0.148. The minimum atomic E-state index is -4.02. The first-order valence-electron chi connectivity index (χ1n) is 7.55. The monoisotopic (exact) mass is 397 g/mol. The average molecular weight is 398 g/mol. The molecule has 0 aromatic heterocycles. The third-order valence-corrected chi connectivity index (χ3v) is 5.63. The van der Waals surface area contributed by atoms with Crippen LogP contribution in [0.25, 0.3) is 0 Å². The van der Waals surface area contributed by atoms with Crippen LogP contribution in [0, 0.1) is 0 Å². The number of aliphatic carboxylic acids is 1. The van der Waals surface area contributed by atoms with Crippen LogP contribution in [0.15, 0.2) is 53.4 Å². The first-order valence-corrected chi connectivity index (χ1v) is 9.37. The summed E-state index contributed by atoms with van der Waals surface area (Å²) in [4.78, 5) is 21.9. The molecule has 0 aliphatic heterocycles. The van der Waals surface area contributed by atoms with Crippen molar-refractivity contribution in [1.82, 2.24) is 0 Å². The molecule has 26 heavy (non-hydrogen) atoms. The Balaban J connectivity index is 2.46. The Labute approximate surface area is 155 Å². The number of carboxylic acids is 2. The Bertz CT molecular complexity index is 911. The molecular weight excluding hydrogens is 382 g/mol. The second-order valence-electron chi connectivity index (χ2n) is 5.38. The molecular formula is C17H16ClNO6S. The van der Waals surface area contributed by atoms with Gasteiger partial charge in [0, 0.05) is 18.0 Å². The molecule has 138 valence electrons. The van der Waals surface area contributed by atoms with Crippen LogP contribution in [0.2, 0.25) is 5.02 Å². The van der Waals surface area contributed by atoms with Crippen LogP contribution in [0.3, 0.4) is 0 Å². The molecule has 0 aliphatic rings. The lowest BCUT2D eigenvalue weighted by molar-refractivity contribution is -0.137. The lowest BCUT2D eigenvalue weighted by Gasteiger charge is -2.24. The summed E-state index contributed by atoms with van der Waals surface area (Å²) < 4.78 is 27.0. The lowest BCUT2D eigenvalue weighted by atomic mass is 10.2. The third kappa shape index (κ3) is 4.74. The van der Waals surface area contributed by atoms with E-state index in [-0.39, 0.29) is 35.5 Å². The molecule has 0 bridgehead atoms. The minimum absolute atomic E-state index is 0.0297. The van der Waals surface area contributed by atoms with Crippen LogP contribution in [-0.2, 0) is 14.8 Å². The van der Waals surface area contributed by atoms with E-state index in [1.54, 1.807) is 0 Å². The van der Waals surface area contributed by atoms with Gasteiger partial charge in [-0.25, -0.2) is 13.2 Å². The Morgan fingerprint density at radius 2 is 1.69 bits per heavy atom. The van der Waals surface area contributed by atoms with Gasteiger partial charge in [0.25, 0.3) is 10.0 Å². The van der Waals surface area contributed by atoms with Gasteiger partial charge in [-0.2, -0.15) is 0 Å². The van der Waals surface area contributed by atoms with E-state index in [4.69, 9.17) is 21.8 Å². The van der Waals surface area contributed by atoms with Crippen LogP contribution in [0.5, 0.6) is 0 Å². The number of sulfonamides is 1. The van der Waals surface area contributed by atoms with Crippen LogP contribution < -0.4 is 4.31 Å². The number of hydrogen-bond acceptors (Lipinski definition) is 4. The number of benzene rings is 2. The molecule has 0 atom stereocenters. The zero-order chi connectivity index (χ0) is 19.3. The van der Waals surface area contributed by atoms with Gasteiger partial charge in [-0.15, -0.1) is 0 Å². The van der Waals surface area contributed by atoms with Crippen LogP contribution >= 0.6 is 11.6 Å². The summed E-state index contributed by atoms with van der Waals surface area (Å²) in [5.41, 5.74) is 0.0716. The molecule has 2 N–H and O–H groups in total. The summed E-state index contributed by atoms with van der Waals surface area (Å²) >= 11 is 5.79. The Morgan fingerprint density at radius 3 is 2.27 bits per heavy atom. The normalized spacial score (nSPS) is 11.1. The molecule has 7 nitrogen and oxygen atoms in total. The summed E-state index contributed by atoms with van der Waals surface area (Å²) in [5.74, 6) is -2.24. The number of halogens is 1. The number of anilines is 1. The molecule has 0 fully saturated rings. The zero-order valence-corrected chi connectivity index (χ0v) is 15.1. The highest BCUT2D eigenvalue weighted by molar-refractivity contribution is 7.92. The molecule has 0 saturated heterocycles. The second-order valence-corrected chi connectivity index (χ2v) is 7.68. The second kappa shape index (κ2) is 8.20. The van der Waals surface area contributed by atoms with Crippen molar-refractivity contribution >= 4 is 39.3 Å². The summed E-state index contributed by atoms with van der Waals surface area (Å²) in [5, 5.41) is 18.3. The fourth-order valence-corrected chi connectivity index (χ4v) is 3.91. The van der Waals surface area contributed by atoms with Crippen molar-refractivity contribution in [2.24, 2.45) is 0 Å². The van der Waals surface area contributed by atoms with Crippen molar-refractivity contribution in [1.29, 1.82) is 0 Å². The van der Waals surface area contributed by atoms with E-state index in [0.29, 0.717) is 5.02 Å². The van der Waals surface area contributed by atoms with Gasteiger partial charge in [0.05, 0.1) is 16.1 Å². The summed E-state index contributed by atoms with van der Waals surface area (Å²) in [6, 6.07) is 11.0. The van der Waals surface area contributed by atoms with Gasteiger partial charge in [-0.1, -0.05) is 17.7 Å². The smallest absolute Gasteiger partial charge is 0.335 e. The molecule has 2 rings (SSSR count). The van der Waals surface area contributed by atoms with E-state index in [9.17, 15) is 18.0 Å². The highest BCUT2D eigenvalue weighted by atomic mass is 35.5. The zero-order valence-electron chi connectivity index (χ0n) is 13.5. The maximum Gasteiger partial charge on any atom is 0.335 e. The largest absolute Gasteiger partial charge is 0.481 e. The Kier molecular flexibility index (Phi) is 6.23. The topological polar surface area (TPSA) is 112 Å². The standard InChI is InChI=1S/C17H16ClNO6S/c18-13-6-8-15(9-7-13)26(24,25)19(10-2-5-16(20)21)14-4-1-3-12(11-14)17(22)23/h1,3-4,6-9,11H,2,5,10H2,(H,20,21)(H,22,23). The van der Waals surface area contributed by atoms with Crippen LogP contribution in [-0.4, -0.2) is 37.1 Å². The lowest BCUT2D eigenvalue weighted by Crippen LogP contribution is -2.32. The molecule has 0 amide bonds. The van der Waals surface area contributed by atoms with Gasteiger partial charge in [-0.05, 0) is 48.9 Å². The predicted octanol–water partition coefficient (Wildman–Crippen LogP) is 3.10. The highest BCUT2D eigenvalue weighted by Crippen LogP contribution is 2.26. The van der Waals surface area contributed by atoms with Crippen LogP contribution in [0.4, 0.5) is 5.69 Å². The highest BCUT2D eigenvalue weighted by Gasteiger charge is 2.25. The molecule has 2 aromatic carbocycles. The minimum Gasteiger partial charge on any atom is -0.481 e. The van der Waals surface area contributed by atoms with Crippen molar-refractivity contribution in [2.75, 3.05) is 10.8 Å². The molecule has 0 radical (unpaired) electrons. The van der Waals surface area contributed by atoms with Crippen molar-refractivity contribution in [3.8, 4) is 0 Å². The number of carbonyl (C=O) groups is 2. The van der Waals surface area contributed by atoms with E-state index in [1.807, 2.05) is 0 Å². The van der Waals surface area contributed by atoms with E-state index >= 15 is 0 Å². The molecule has 0 heterocycles. The molecule has 0 aliphatic carbocycles. The van der Waals surface area contributed by atoms with E-state index in [0.717, 1.165) is 4.31 Å². The fraction of sp³-hybridized carbons (Fsp3) is 0.176. The Hall–Kier alpha value is -2.58. The molecule has 9 heteroatoms. The molecule has 0 saturated carbocycles. The van der Waals surface area contributed by atoms with Gasteiger partial charge in [0.2, 0.25) is 0 Å². The fourth-order valence-electron chi connectivity index (χ4n) is 2.29. The molecule has 0 spiro atoms. The van der Waals surface area contributed by atoms with E-state index in [1.165, 1.54) is 48.5 Å². The van der Waals surface area contributed by atoms with Gasteiger partial charge >= 0.3 is 11.9 Å². The number of hydrogen-bond donors (Lipinski definition) is 2. The van der Waals surface area contributed by atoms with Crippen LogP contribution in [0.1, 0.15) is 23.2 Å². The Morgan fingerprint density at radius 1 is 1.04 bits per heavy atom. The van der Waals surface area contributed by atoms with E-state index < -0.39 is 22.0 Å². The number of nitrogens with zero attached hydrogens (tertiary/aromatic N) is 1. The quantitative estimate of drug-likeness (QED) is 0.707. The molecule has 0 unspecified atom stereocenters. The number of carboxylic acid groups (broad SMARTS) is 2. The van der Waals surface area contributed by atoms with Gasteiger partial charge < -0.3 is 10.2 Å². The molecule has 2 aromatic rings. The van der Waals surface area contributed by atoms with E-state index in [2.05, 4.69) is 0 Å². The third-order valence-electron chi connectivity index (χ3n) is 3.53. The van der Waals surface area contributed by atoms with Crippen molar-refractivity contribution in [2.45, 2.75) is 17.7 Å². The number of aromatic carboxylic acids is 1. The first-order chi connectivity index (χ1) is 12.2. The predicted molar refractivity (Wildman–Crippen MR) is 96.3 cm³/mol. The average Bonchev–Trinajstić information content (AvgIpc) is 2.58. The maximum absolute atomic E-state index is 13.0. The summed E-state index contributed by atoms with van der Waals surface area (Å²) in [7, 11) is -4.02. The van der Waals surface area contributed by atoms with Gasteiger partial charge in [0.1, 0.15) is 0 Å². The van der Waals surface area contributed by atoms with Crippen molar-refractivity contribution in [3.05, 3.63) is 59.1 Å². The van der Waals surface area contributed by atoms with Gasteiger partial charge in [-0.3, -0.25) is 9.10 Å². The number of rotatable bonds is 8. The van der Waals surface area contributed by atoms with Gasteiger partial charge in [0.15, 0.2) is 0 Å². The summed E-state index contributed by atoms with van der Waals surface area (Å²) in [6.45, 7) is -0.111. The van der Waals surface area contributed by atoms with Crippen molar-refractivity contribution < 1.29 is 28.2 Å².